The smallest absolute Gasteiger partial charge is 0.189 e. The van der Waals surface area contributed by atoms with E-state index in [1.165, 1.54) is 0 Å². The molecule has 0 saturated heterocycles. The van der Waals surface area contributed by atoms with Gasteiger partial charge in [-0.05, 0) is 12.1 Å². The average molecular weight is 148 g/mol. The Kier molecular flexibility index (Phi) is 1.98. The minimum Gasteiger partial charge on any atom is -0.495 e. The van der Waals surface area contributed by atoms with Crippen LogP contribution < -0.4 is 10.5 Å². The Morgan fingerprint density at radius 1 is 1.55 bits per heavy atom. The summed E-state index contributed by atoms with van der Waals surface area (Å²) in [7, 11) is 1.54. The SMILES string of the molecule is [C-]#[N+]c1ccc(OC)c(N)c1. The van der Waals surface area contributed by atoms with Gasteiger partial charge < -0.3 is 10.5 Å². The summed E-state index contributed by atoms with van der Waals surface area (Å²) in [6.07, 6.45) is 0. The van der Waals surface area contributed by atoms with Crippen LogP contribution in [0.15, 0.2) is 18.2 Å². The molecule has 0 aliphatic carbocycles. The van der Waals surface area contributed by atoms with E-state index >= 15 is 0 Å². The molecule has 0 heterocycles. The Labute approximate surface area is 65.2 Å². The standard InChI is InChI=1S/C8H8N2O/c1-10-6-3-4-8(11-2)7(9)5-6/h3-5H,9H2,2H3. The third-order valence-electron chi connectivity index (χ3n) is 1.34. The maximum Gasteiger partial charge on any atom is 0.189 e. The molecule has 0 radical (unpaired) electrons. The molecular weight excluding hydrogens is 140 g/mol. The highest BCUT2D eigenvalue weighted by Gasteiger charge is 1.98. The van der Waals surface area contributed by atoms with Crippen LogP contribution in [-0.2, 0) is 0 Å². The van der Waals surface area contributed by atoms with Gasteiger partial charge in [0, 0.05) is 0 Å². The van der Waals surface area contributed by atoms with Gasteiger partial charge in [-0.3, -0.25) is 0 Å². The van der Waals surface area contributed by atoms with E-state index in [2.05, 4.69) is 4.85 Å². The first-order valence-electron chi connectivity index (χ1n) is 3.09. The van der Waals surface area contributed by atoms with E-state index < -0.39 is 0 Å². The van der Waals surface area contributed by atoms with Crippen molar-refractivity contribution in [2.75, 3.05) is 12.8 Å². The molecule has 2 N–H and O–H groups in total. The largest absolute Gasteiger partial charge is 0.495 e. The summed E-state index contributed by atoms with van der Waals surface area (Å²) < 4.78 is 4.92. The van der Waals surface area contributed by atoms with Crippen LogP contribution in [0, 0.1) is 6.57 Å². The van der Waals surface area contributed by atoms with Gasteiger partial charge in [-0.25, -0.2) is 4.85 Å². The number of ether oxygens (including phenoxy) is 1. The Balaban J connectivity index is 3.12. The van der Waals surface area contributed by atoms with Crippen molar-refractivity contribution in [3.05, 3.63) is 29.6 Å². The lowest BCUT2D eigenvalue weighted by atomic mass is 10.2. The van der Waals surface area contributed by atoms with Crippen LogP contribution in [-0.4, -0.2) is 7.11 Å². The van der Waals surface area contributed by atoms with Crippen molar-refractivity contribution in [2.24, 2.45) is 0 Å². The number of hydrogen-bond acceptors (Lipinski definition) is 2. The molecule has 1 aromatic carbocycles. The van der Waals surface area contributed by atoms with Crippen LogP contribution in [0.3, 0.4) is 0 Å². The summed E-state index contributed by atoms with van der Waals surface area (Å²) in [5.74, 6) is 0.609. The van der Waals surface area contributed by atoms with Crippen molar-refractivity contribution in [3.63, 3.8) is 0 Å². The van der Waals surface area contributed by atoms with Gasteiger partial charge in [0.05, 0.1) is 19.4 Å². The van der Waals surface area contributed by atoms with Gasteiger partial charge in [-0.1, -0.05) is 6.07 Å². The zero-order chi connectivity index (χ0) is 8.27. The van der Waals surface area contributed by atoms with Crippen LogP contribution in [0.4, 0.5) is 11.4 Å². The Hall–Kier alpha value is -1.69. The predicted octanol–water partition coefficient (Wildman–Crippen LogP) is 1.83. The van der Waals surface area contributed by atoms with Crippen LogP contribution >= 0.6 is 0 Å². The minimum absolute atomic E-state index is 0.501. The van der Waals surface area contributed by atoms with E-state index in [0.717, 1.165) is 0 Å². The third-order valence-corrected chi connectivity index (χ3v) is 1.34. The summed E-state index contributed by atoms with van der Waals surface area (Å²) in [4.78, 5) is 3.22. The Morgan fingerprint density at radius 2 is 2.27 bits per heavy atom. The van der Waals surface area contributed by atoms with Crippen molar-refractivity contribution in [2.45, 2.75) is 0 Å². The van der Waals surface area contributed by atoms with E-state index in [1.807, 2.05) is 0 Å². The number of methoxy groups -OCH3 is 1. The maximum absolute atomic E-state index is 6.70. The monoisotopic (exact) mass is 148 g/mol. The fraction of sp³-hybridized carbons (Fsp3) is 0.125. The number of rotatable bonds is 1. The Morgan fingerprint density at radius 3 is 2.73 bits per heavy atom. The summed E-state index contributed by atoms with van der Waals surface area (Å²) >= 11 is 0. The molecule has 11 heavy (non-hydrogen) atoms. The van der Waals surface area contributed by atoms with Crippen LogP contribution in [0.1, 0.15) is 0 Å². The first kappa shape index (κ1) is 7.42. The second kappa shape index (κ2) is 2.93. The second-order valence-electron chi connectivity index (χ2n) is 2.04. The van der Waals surface area contributed by atoms with Crippen LogP contribution in [0.5, 0.6) is 5.75 Å². The molecule has 0 saturated carbocycles. The summed E-state index contributed by atoms with van der Waals surface area (Å²) in [6.45, 7) is 6.70. The van der Waals surface area contributed by atoms with E-state index in [9.17, 15) is 0 Å². The molecule has 3 heteroatoms. The van der Waals surface area contributed by atoms with Crippen molar-refractivity contribution < 1.29 is 4.74 Å². The number of nitrogens with two attached hydrogens (primary N) is 1. The number of nitrogen functional groups attached to an aromatic ring is 1. The number of hydrogen-bond donors (Lipinski definition) is 1. The van der Waals surface area contributed by atoms with Gasteiger partial charge in [0.15, 0.2) is 5.69 Å². The number of nitrogens with zero attached hydrogens (tertiary/aromatic N) is 1. The van der Waals surface area contributed by atoms with Gasteiger partial charge in [0.2, 0.25) is 0 Å². The van der Waals surface area contributed by atoms with Crippen molar-refractivity contribution in [3.8, 4) is 5.75 Å². The Bertz CT molecular complexity index is 301. The van der Waals surface area contributed by atoms with E-state index in [1.54, 1.807) is 25.3 Å². The van der Waals surface area contributed by atoms with Crippen LogP contribution in [0.2, 0.25) is 0 Å². The van der Waals surface area contributed by atoms with E-state index in [0.29, 0.717) is 17.1 Å². The number of anilines is 1. The predicted molar refractivity (Wildman–Crippen MR) is 43.7 cm³/mol. The van der Waals surface area contributed by atoms with Crippen molar-refractivity contribution in [1.29, 1.82) is 0 Å². The molecule has 0 aliphatic rings. The van der Waals surface area contributed by atoms with Gasteiger partial charge in [0.25, 0.3) is 0 Å². The van der Waals surface area contributed by atoms with E-state index in [-0.39, 0.29) is 0 Å². The van der Waals surface area contributed by atoms with Gasteiger partial charge in [-0.15, -0.1) is 0 Å². The summed E-state index contributed by atoms with van der Waals surface area (Å²) in [5, 5.41) is 0. The molecule has 0 unspecified atom stereocenters. The molecular formula is C8H8N2O. The summed E-state index contributed by atoms with van der Waals surface area (Å²) in [6, 6.07) is 4.94. The maximum atomic E-state index is 6.70. The molecule has 1 aromatic rings. The molecule has 0 amide bonds. The molecule has 0 fully saturated rings. The fourth-order valence-electron chi connectivity index (χ4n) is 0.791. The summed E-state index contributed by atoms with van der Waals surface area (Å²) in [5.41, 5.74) is 6.57. The first-order chi connectivity index (χ1) is 5.27. The number of benzene rings is 1. The lowest BCUT2D eigenvalue weighted by Gasteiger charge is -2.02. The second-order valence-corrected chi connectivity index (χ2v) is 2.04. The quantitative estimate of drug-likeness (QED) is 0.487. The molecule has 1 rings (SSSR count). The molecule has 0 atom stereocenters. The highest BCUT2D eigenvalue weighted by molar-refractivity contribution is 5.62. The zero-order valence-corrected chi connectivity index (χ0v) is 6.16. The first-order valence-corrected chi connectivity index (χ1v) is 3.09. The highest BCUT2D eigenvalue weighted by atomic mass is 16.5. The zero-order valence-electron chi connectivity index (χ0n) is 6.16. The molecule has 0 bridgehead atoms. The van der Waals surface area contributed by atoms with E-state index in [4.69, 9.17) is 17.0 Å². The van der Waals surface area contributed by atoms with Crippen molar-refractivity contribution in [1.82, 2.24) is 0 Å². The van der Waals surface area contributed by atoms with Crippen molar-refractivity contribution >= 4 is 11.4 Å². The van der Waals surface area contributed by atoms with Crippen LogP contribution in [0.25, 0.3) is 4.85 Å². The average Bonchev–Trinajstić information content (AvgIpc) is 2.04. The molecule has 56 valence electrons. The third kappa shape index (κ3) is 1.41. The lowest BCUT2D eigenvalue weighted by molar-refractivity contribution is 0.417. The molecule has 0 spiro atoms. The molecule has 0 aromatic heterocycles. The molecule has 3 nitrogen and oxygen atoms in total. The van der Waals surface area contributed by atoms with Gasteiger partial charge in [-0.2, -0.15) is 0 Å². The minimum atomic E-state index is 0.501. The van der Waals surface area contributed by atoms with Gasteiger partial charge >= 0.3 is 0 Å². The van der Waals surface area contributed by atoms with Gasteiger partial charge in [0.1, 0.15) is 5.75 Å². The lowest BCUT2D eigenvalue weighted by Crippen LogP contribution is -1.90. The topological polar surface area (TPSA) is 39.6 Å². The molecule has 0 aliphatic heterocycles. The fourth-order valence-corrected chi connectivity index (χ4v) is 0.791. The highest BCUT2D eigenvalue weighted by Crippen LogP contribution is 2.25. The normalized spacial score (nSPS) is 8.73.